The number of rotatable bonds is 12. The van der Waals surface area contributed by atoms with E-state index in [-0.39, 0.29) is 5.91 Å². The molecule has 0 saturated heterocycles. The number of hydrogen-bond acceptors (Lipinski definition) is 4. The average molecular weight is 483 g/mol. The van der Waals surface area contributed by atoms with Gasteiger partial charge < -0.3 is 15.7 Å². The Balaban J connectivity index is 1.75. The Morgan fingerprint density at radius 2 is 1.85 bits per heavy atom. The van der Waals surface area contributed by atoms with Crippen molar-refractivity contribution in [1.29, 1.82) is 0 Å². The fourth-order valence-electron chi connectivity index (χ4n) is 4.74. The molecule has 0 aliphatic heterocycles. The van der Waals surface area contributed by atoms with Crippen molar-refractivity contribution in [3.05, 3.63) is 59.2 Å². The summed E-state index contributed by atoms with van der Waals surface area (Å²) in [6.07, 6.45) is 10.4. The molecule has 1 fully saturated rings. The molecule has 1 saturated carbocycles. The summed E-state index contributed by atoms with van der Waals surface area (Å²) in [7, 11) is 0. The Kier molecular flexibility index (Phi) is 10.5. The molecule has 0 unspecified atom stereocenters. The van der Waals surface area contributed by atoms with Crippen molar-refractivity contribution in [3.8, 4) is 11.1 Å². The molecular weight excluding hydrogens is 444 g/mol. The van der Waals surface area contributed by atoms with Gasteiger partial charge in [-0.25, -0.2) is 4.79 Å². The SMILES string of the molecule is CSCC[C@H](NC(=O)c1ccc(CNCCC2CCCCC2)cc1-c1ccccc1C)C(=O)O. The van der Waals surface area contributed by atoms with E-state index in [1.807, 2.05) is 49.6 Å². The van der Waals surface area contributed by atoms with Gasteiger partial charge in [-0.3, -0.25) is 4.79 Å². The maximum atomic E-state index is 13.2. The molecule has 5 nitrogen and oxygen atoms in total. The zero-order valence-corrected chi connectivity index (χ0v) is 21.3. The van der Waals surface area contributed by atoms with Crippen molar-refractivity contribution in [2.24, 2.45) is 5.92 Å². The minimum atomic E-state index is -1.00. The minimum Gasteiger partial charge on any atom is -0.480 e. The Bertz CT molecular complexity index is 956. The van der Waals surface area contributed by atoms with Crippen molar-refractivity contribution in [2.45, 2.75) is 64.5 Å². The van der Waals surface area contributed by atoms with E-state index in [0.29, 0.717) is 17.7 Å². The maximum absolute atomic E-state index is 13.2. The lowest BCUT2D eigenvalue weighted by molar-refractivity contribution is -0.139. The number of carbonyl (C=O) groups is 2. The molecule has 1 amide bonds. The molecule has 6 heteroatoms. The van der Waals surface area contributed by atoms with Gasteiger partial charge in [0.25, 0.3) is 5.91 Å². The maximum Gasteiger partial charge on any atom is 0.326 e. The van der Waals surface area contributed by atoms with Crippen LogP contribution in [-0.2, 0) is 11.3 Å². The molecule has 1 atom stereocenters. The van der Waals surface area contributed by atoms with Crippen LogP contribution in [0.5, 0.6) is 0 Å². The van der Waals surface area contributed by atoms with E-state index in [1.54, 1.807) is 11.8 Å². The molecule has 1 aliphatic rings. The van der Waals surface area contributed by atoms with E-state index in [2.05, 4.69) is 16.7 Å². The van der Waals surface area contributed by atoms with Crippen LogP contribution in [0.25, 0.3) is 11.1 Å². The monoisotopic (exact) mass is 482 g/mol. The van der Waals surface area contributed by atoms with E-state index in [0.717, 1.165) is 41.3 Å². The molecule has 0 aromatic heterocycles. The van der Waals surface area contributed by atoms with Gasteiger partial charge in [-0.05, 0) is 78.6 Å². The van der Waals surface area contributed by atoms with Crippen LogP contribution < -0.4 is 10.6 Å². The third-order valence-corrected chi connectivity index (χ3v) is 7.41. The van der Waals surface area contributed by atoms with Crippen LogP contribution in [0.3, 0.4) is 0 Å². The highest BCUT2D eigenvalue weighted by Crippen LogP contribution is 2.29. The molecule has 2 aromatic rings. The Labute approximate surface area is 208 Å². The zero-order valence-electron chi connectivity index (χ0n) is 20.4. The van der Waals surface area contributed by atoms with Gasteiger partial charge in [0.1, 0.15) is 6.04 Å². The summed E-state index contributed by atoms with van der Waals surface area (Å²) in [4.78, 5) is 24.8. The lowest BCUT2D eigenvalue weighted by Crippen LogP contribution is -2.41. The minimum absolute atomic E-state index is 0.344. The Hall–Kier alpha value is -2.31. The summed E-state index contributed by atoms with van der Waals surface area (Å²) in [5.41, 5.74) is 4.55. The van der Waals surface area contributed by atoms with Crippen molar-refractivity contribution in [1.82, 2.24) is 10.6 Å². The molecule has 0 radical (unpaired) electrons. The second kappa shape index (κ2) is 13.5. The smallest absolute Gasteiger partial charge is 0.326 e. The van der Waals surface area contributed by atoms with Gasteiger partial charge in [0.05, 0.1) is 0 Å². The molecule has 0 bridgehead atoms. The van der Waals surface area contributed by atoms with E-state index in [1.165, 1.54) is 38.5 Å². The normalized spacial score (nSPS) is 15.1. The second-order valence-corrected chi connectivity index (χ2v) is 10.3. The molecule has 1 aliphatic carbocycles. The van der Waals surface area contributed by atoms with Crippen molar-refractivity contribution in [3.63, 3.8) is 0 Å². The van der Waals surface area contributed by atoms with Gasteiger partial charge in [-0.1, -0.05) is 62.4 Å². The number of hydrogen-bond donors (Lipinski definition) is 3. The molecule has 0 heterocycles. The fourth-order valence-corrected chi connectivity index (χ4v) is 5.21. The summed E-state index contributed by atoms with van der Waals surface area (Å²) < 4.78 is 0. The number of aliphatic carboxylic acids is 1. The quantitative estimate of drug-likeness (QED) is 0.340. The van der Waals surface area contributed by atoms with Crippen LogP contribution in [0, 0.1) is 12.8 Å². The van der Waals surface area contributed by atoms with E-state index in [4.69, 9.17) is 0 Å². The van der Waals surface area contributed by atoms with Gasteiger partial charge in [0, 0.05) is 12.1 Å². The number of aryl methyl sites for hydroxylation is 1. The molecule has 2 aromatic carbocycles. The predicted molar refractivity (Wildman–Crippen MR) is 141 cm³/mol. The third-order valence-electron chi connectivity index (χ3n) is 6.76. The molecule has 0 spiro atoms. The number of amides is 1. The van der Waals surface area contributed by atoms with Crippen molar-refractivity contribution in [2.75, 3.05) is 18.6 Å². The standard InChI is InChI=1S/C28H38N2O3S/c1-20-8-6-7-11-23(20)25-18-22(19-29-16-14-21-9-4-3-5-10-21)12-13-24(25)27(31)30-26(28(32)33)15-17-34-2/h6-8,11-13,18,21,26,29H,3-5,9-10,14-17,19H2,1-2H3,(H,30,31)(H,32,33)/t26-/m0/s1. The summed E-state index contributed by atoms with van der Waals surface area (Å²) in [5, 5.41) is 15.9. The number of carbonyl (C=O) groups excluding carboxylic acids is 1. The van der Waals surface area contributed by atoms with Gasteiger partial charge >= 0.3 is 5.97 Å². The van der Waals surface area contributed by atoms with Crippen molar-refractivity contribution >= 4 is 23.6 Å². The summed E-state index contributed by atoms with van der Waals surface area (Å²) in [6.45, 7) is 3.78. The number of carboxylic acids is 1. The topological polar surface area (TPSA) is 78.4 Å². The van der Waals surface area contributed by atoms with Crippen LogP contribution in [0.2, 0.25) is 0 Å². The largest absolute Gasteiger partial charge is 0.480 e. The molecule has 3 rings (SSSR count). The van der Waals surface area contributed by atoms with Crippen molar-refractivity contribution < 1.29 is 14.7 Å². The number of carboxylic acid groups (broad SMARTS) is 1. The van der Waals surface area contributed by atoms with Gasteiger partial charge in [-0.2, -0.15) is 11.8 Å². The highest BCUT2D eigenvalue weighted by atomic mass is 32.2. The number of thioether (sulfide) groups is 1. The zero-order chi connectivity index (χ0) is 24.3. The number of nitrogens with one attached hydrogen (secondary N) is 2. The molecule has 184 valence electrons. The summed E-state index contributed by atoms with van der Waals surface area (Å²) in [6, 6.07) is 13.0. The molecular formula is C28H38N2O3S. The van der Waals surface area contributed by atoms with Gasteiger partial charge in [-0.15, -0.1) is 0 Å². The average Bonchev–Trinajstić information content (AvgIpc) is 2.85. The lowest BCUT2D eigenvalue weighted by atomic mass is 9.87. The fraction of sp³-hybridized carbons (Fsp3) is 0.500. The van der Waals surface area contributed by atoms with E-state index in [9.17, 15) is 14.7 Å². The second-order valence-electron chi connectivity index (χ2n) is 9.31. The van der Waals surface area contributed by atoms with Crippen LogP contribution in [0.4, 0.5) is 0 Å². The third kappa shape index (κ3) is 7.60. The summed E-state index contributed by atoms with van der Waals surface area (Å²) in [5.74, 6) is 0.179. The van der Waals surface area contributed by atoms with Crippen LogP contribution >= 0.6 is 11.8 Å². The van der Waals surface area contributed by atoms with Gasteiger partial charge in [0.2, 0.25) is 0 Å². The van der Waals surface area contributed by atoms with E-state index < -0.39 is 12.0 Å². The van der Waals surface area contributed by atoms with Crippen LogP contribution in [-0.4, -0.2) is 41.6 Å². The predicted octanol–water partition coefficient (Wildman–Crippen LogP) is 5.66. The van der Waals surface area contributed by atoms with Crippen LogP contribution in [0.15, 0.2) is 42.5 Å². The number of benzene rings is 2. The summed E-state index contributed by atoms with van der Waals surface area (Å²) >= 11 is 1.57. The highest BCUT2D eigenvalue weighted by Gasteiger charge is 2.22. The van der Waals surface area contributed by atoms with Crippen LogP contribution in [0.1, 0.15) is 66.4 Å². The molecule has 3 N–H and O–H groups in total. The highest BCUT2D eigenvalue weighted by molar-refractivity contribution is 7.98. The van der Waals surface area contributed by atoms with Gasteiger partial charge in [0.15, 0.2) is 0 Å². The Morgan fingerprint density at radius 1 is 1.09 bits per heavy atom. The first-order chi connectivity index (χ1) is 16.5. The first kappa shape index (κ1) is 26.3. The first-order valence-electron chi connectivity index (χ1n) is 12.4. The first-order valence-corrected chi connectivity index (χ1v) is 13.8. The Morgan fingerprint density at radius 3 is 2.56 bits per heavy atom. The molecule has 34 heavy (non-hydrogen) atoms. The van der Waals surface area contributed by atoms with E-state index >= 15 is 0 Å². The lowest BCUT2D eigenvalue weighted by Gasteiger charge is -2.21.